The zero-order valence-corrected chi connectivity index (χ0v) is 7.09. The van der Waals surface area contributed by atoms with Crippen molar-refractivity contribution in [3.63, 3.8) is 0 Å². The van der Waals surface area contributed by atoms with Crippen molar-refractivity contribution in [2.75, 3.05) is 13.6 Å². The van der Waals surface area contributed by atoms with Crippen LogP contribution in [-0.2, 0) is 0 Å². The van der Waals surface area contributed by atoms with Crippen molar-refractivity contribution in [3.05, 3.63) is 0 Å². The summed E-state index contributed by atoms with van der Waals surface area (Å²) in [7, 11) is 1.60. The summed E-state index contributed by atoms with van der Waals surface area (Å²) >= 11 is 0. The van der Waals surface area contributed by atoms with Crippen LogP contribution in [0.4, 0.5) is 4.79 Å². The highest BCUT2D eigenvalue weighted by molar-refractivity contribution is 5.74. The molecule has 0 fully saturated rings. The summed E-state index contributed by atoms with van der Waals surface area (Å²) in [4.78, 5) is 12.4. The fourth-order valence-corrected chi connectivity index (χ4v) is 0.538. The molecule has 0 aromatic rings. The number of amides is 2. The SMILES string of the molecule is CCNC(=O)N(C)C(C)C#N. The van der Waals surface area contributed by atoms with E-state index in [-0.39, 0.29) is 12.1 Å². The molecule has 4 nitrogen and oxygen atoms in total. The number of carbonyl (C=O) groups is 1. The Kier molecular flexibility index (Phi) is 4.04. The van der Waals surface area contributed by atoms with Gasteiger partial charge in [0.2, 0.25) is 0 Å². The van der Waals surface area contributed by atoms with E-state index in [9.17, 15) is 4.79 Å². The molecule has 62 valence electrons. The second-order valence-electron chi connectivity index (χ2n) is 2.25. The van der Waals surface area contributed by atoms with Gasteiger partial charge in [-0.25, -0.2) is 4.79 Å². The molecule has 4 heteroatoms. The maximum Gasteiger partial charge on any atom is 0.318 e. The van der Waals surface area contributed by atoms with Gasteiger partial charge in [0.1, 0.15) is 6.04 Å². The fourth-order valence-electron chi connectivity index (χ4n) is 0.538. The van der Waals surface area contributed by atoms with Gasteiger partial charge in [-0.15, -0.1) is 0 Å². The van der Waals surface area contributed by atoms with Gasteiger partial charge in [-0.05, 0) is 13.8 Å². The summed E-state index contributed by atoms with van der Waals surface area (Å²) in [6.07, 6.45) is 0. The molecule has 0 aliphatic carbocycles. The summed E-state index contributed by atoms with van der Waals surface area (Å²) in [5, 5.41) is 11.0. The Bertz CT molecular complexity index is 173. The van der Waals surface area contributed by atoms with Gasteiger partial charge >= 0.3 is 6.03 Å². The molecule has 0 aliphatic heterocycles. The van der Waals surface area contributed by atoms with Crippen molar-refractivity contribution < 1.29 is 4.79 Å². The molecule has 1 unspecified atom stereocenters. The van der Waals surface area contributed by atoms with Crippen LogP contribution in [0.2, 0.25) is 0 Å². The molecule has 0 saturated heterocycles. The van der Waals surface area contributed by atoms with Crippen molar-refractivity contribution >= 4 is 6.03 Å². The molecule has 0 aromatic carbocycles. The molecule has 0 radical (unpaired) electrons. The van der Waals surface area contributed by atoms with Crippen LogP contribution in [0.15, 0.2) is 0 Å². The number of nitrogens with zero attached hydrogens (tertiary/aromatic N) is 2. The van der Waals surface area contributed by atoms with Gasteiger partial charge < -0.3 is 10.2 Å². The summed E-state index contributed by atoms with van der Waals surface area (Å²) in [6.45, 7) is 4.10. The second-order valence-corrected chi connectivity index (χ2v) is 2.25. The monoisotopic (exact) mass is 155 g/mol. The molecule has 0 heterocycles. The predicted octanol–water partition coefficient (Wildman–Crippen LogP) is 0.560. The molecule has 0 aromatic heterocycles. The Morgan fingerprint density at radius 2 is 2.36 bits per heavy atom. The lowest BCUT2D eigenvalue weighted by molar-refractivity contribution is 0.204. The third kappa shape index (κ3) is 2.89. The second kappa shape index (κ2) is 4.56. The highest BCUT2D eigenvalue weighted by Crippen LogP contribution is 1.92. The predicted molar refractivity (Wildman–Crippen MR) is 41.9 cm³/mol. The summed E-state index contributed by atoms with van der Waals surface area (Å²) in [5.41, 5.74) is 0. The molecular weight excluding hydrogens is 142 g/mol. The Balaban J connectivity index is 3.93. The highest BCUT2D eigenvalue weighted by Gasteiger charge is 2.12. The minimum Gasteiger partial charge on any atom is -0.338 e. The van der Waals surface area contributed by atoms with Gasteiger partial charge in [-0.3, -0.25) is 0 Å². The molecule has 1 N–H and O–H groups in total. The fraction of sp³-hybridized carbons (Fsp3) is 0.714. The van der Waals surface area contributed by atoms with Crippen LogP contribution >= 0.6 is 0 Å². The first-order valence-electron chi connectivity index (χ1n) is 3.53. The van der Waals surface area contributed by atoms with Crippen LogP contribution in [0.1, 0.15) is 13.8 Å². The first-order valence-corrected chi connectivity index (χ1v) is 3.53. The summed E-state index contributed by atoms with van der Waals surface area (Å²) < 4.78 is 0. The van der Waals surface area contributed by atoms with Crippen molar-refractivity contribution in [2.24, 2.45) is 0 Å². The molecule has 0 spiro atoms. The average Bonchev–Trinajstić information content (AvgIpc) is 2.02. The number of nitriles is 1. The minimum absolute atomic E-state index is 0.207. The Hall–Kier alpha value is -1.24. The Labute approximate surface area is 66.8 Å². The summed E-state index contributed by atoms with van der Waals surface area (Å²) in [5.74, 6) is 0. The van der Waals surface area contributed by atoms with E-state index in [1.54, 1.807) is 14.0 Å². The van der Waals surface area contributed by atoms with Crippen LogP contribution < -0.4 is 5.32 Å². The molecule has 11 heavy (non-hydrogen) atoms. The Morgan fingerprint density at radius 1 is 1.82 bits per heavy atom. The lowest BCUT2D eigenvalue weighted by atomic mass is 10.3. The van der Waals surface area contributed by atoms with Gasteiger partial charge in [0.05, 0.1) is 6.07 Å². The third-order valence-corrected chi connectivity index (χ3v) is 1.42. The maximum absolute atomic E-state index is 11.0. The molecule has 1 atom stereocenters. The molecule has 0 aliphatic rings. The zero-order valence-electron chi connectivity index (χ0n) is 7.09. The van der Waals surface area contributed by atoms with Crippen molar-refractivity contribution in [1.82, 2.24) is 10.2 Å². The van der Waals surface area contributed by atoms with Crippen molar-refractivity contribution in [3.8, 4) is 6.07 Å². The van der Waals surface area contributed by atoms with E-state index in [1.165, 1.54) is 4.90 Å². The van der Waals surface area contributed by atoms with Crippen LogP contribution in [0.3, 0.4) is 0 Å². The first-order chi connectivity index (χ1) is 5.13. The van der Waals surface area contributed by atoms with Gasteiger partial charge in [0.25, 0.3) is 0 Å². The van der Waals surface area contributed by atoms with E-state index in [2.05, 4.69) is 5.32 Å². The highest BCUT2D eigenvalue weighted by atomic mass is 16.2. The topological polar surface area (TPSA) is 56.1 Å². The number of hydrogen-bond donors (Lipinski definition) is 1. The van der Waals surface area contributed by atoms with Crippen molar-refractivity contribution in [2.45, 2.75) is 19.9 Å². The van der Waals surface area contributed by atoms with E-state index in [0.717, 1.165) is 0 Å². The van der Waals surface area contributed by atoms with Crippen LogP contribution in [-0.4, -0.2) is 30.6 Å². The first kappa shape index (κ1) is 9.76. The smallest absolute Gasteiger partial charge is 0.318 e. The Morgan fingerprint density at radius 3 is 2.73 bits per heavy atom. The number of hydrogen-bond acceptors (Lipinski definition) is 2. The maximum atomic E-state index is 11.0. The number of nitrogens with one attached hydrogen (secondary N) is 1. The lowest BCUT2D eigenvalue weighted by Gasteiger charge is -2.18. The lowest BCUT2D eigenvalue weighted by Crippen LogP contribution is -2.41. The van der Waals surface area contributed by atoms with Crippen LogP contribution in [0.5, 0.6) is 0 Å². The molecule has 0 rings (SSSR count). The minimum atomic E-state index is -0.374. The van der Waals surface area contributed by atoms with Gasteiger partial charge in [-0.2, -0.15) is 5.26 Å². The van der Waals surface area contributed by atoms with E-state index in [4.69, 9.17) is 5.26 Å². The molecule has 0 bridgehead atoms. The average molecular weight is 155 g/mol. The largest absolute Gasteiger partial charge is 0.338 e. The van der Waals surface area contributed by atoms with Crippen LogP contribution in [0, 0.1) is 11.3 Å². The molecule has 0 saturated carbocycles. The third-order valence-electron chi connectivity index (χ3n) is 1.42. The van der Waals surface area contributed by atoms with E-state index in [0.29, 0.717) is 6.54 Å². The number of carbonyl (C=O) groups excluding carboxylic acids is 1. The van der Waals surface area contributed by atoms with Gasteiger partial charge in [-0.1, -0.05) is 0 Å². The molecule has 2 amide bonds. The van der Waals surface area contributed by atoms with Gasteiger partial charge in [0.15, 0.2) is 0 Å². The van der Waals surface area contributed by atoms with E-state index < -0.39 is 0 Å². The normalized spacial score (nSPS) is 11.5. The number of urea groups is 1. The van der Waals surface area contributed by atoms with Crippen molar-refractivity contribution in [1.29, 1.82) is 5.26 Å². The number of rotatable bonds is 2. The van der Waals surface area contributed by atoms with E-state index >= 15 is 0 Å². The quantitative estimate of drug-likeness (QED) is 0.633. The summed E-state index contributed by atoms with van der Waals surface area (Å²) in [6, 6.07) is 1.39. The zero-order chi connectivity index (χ0) is 8.85. The molecular formula is C7H13N3O. The van der Waals surface area contributed by atoms with E-state index in [1.807, 2.05) is 13.0 Å². The van der Waals surface area contributed by atoms with Crippen LogP contribution in [0.25, 0.3) is 0 Å². The standard InChI is InChI=1S/C7H13N3O/c1-4-9-7(11)10(3)6(2)5-8/h6H,4H2,1-3H3,(H,9,11). The van der Waals surface area contributed by atoms with Gasteiger partial charge in [0, 0.05) is 13.6 Å².